The smallest absolute Gasteiger partial charge is 0.339 e. The highest BCUT2D eigenvalue weighted by molar-refractivity contribution is 5.90. The fourth-order valence-electron chi connectivity index (χ4n) is 1.46. The van der Waals surface area contributed by atoms with Gasteiger partial charge in [0.25, 0.3) is 0 Å². The number of hydrogen-bond acceptors (Lipinski definition) is 3. The Hall–Kier alpha value is -1.55. The van der Waals surface area contributed by atoms with E-state index in [0.717, 1.165) is 5.56 Å². The number of rotatable bonds is 7. The maximum Gasteiger partial charge on any atom is 0.339 e. The van der Waals surface area contributed by atoms with Crippen molar-refractivity contribution in [1.82, 2.24) is 0 Å². The molecule has 18 heavy (non-hydrogen) atoms. The fourth-order valence-corrected chi connectivity index (χ4v) is 1.46. The van der Waals surface area contributed by atoms with Crippen LogP contribution in [0.25, 0.3) is 0 Å². The highest BCUT2D eigenvalue weighted by Crippen LogP contribution is 2.20. The highest BCUT2D eigenvalue weighted by Gasteiger charge is 2.11. The Labute approximate surface area is 108 Å². The van der Waals surface area contributed by atoms with Gasteiger partial charge in [-0.3, -0.25) is 0 Å². The van der Waals surface area contributed by atoms with E-state index in [0.29, 0.717) is 31.5 Å². The standard InChI is InChI=1S/C14H20O4/c1-10(2)9-17-6-7-18-13-8-11(3)4-5-12(13)14(15)16/h4-5,8,10H,6-7,9H2,1-3H3,(H,15,16). The number of aryl methyl sites for hydroxylation is 1. The Morgan fingerprint density at radius 1 is 1.33 bits per heavy atom. The number of aromatic carboxylic acids is 1. The Kier molecular flexibility index (Phi) is 5.65. The molecule has 0 heterocycles. The van der Waals surface area contributed by atoms with Gasteiger partial charge in [-0.2, -0.15) is 0 Å². The van der Waals surface area contributed by atoms with E-state index in [2.05, 4.69) is 13.8 Å². The van der Waals surface area contributed by atoms with Gasteiger partial charge in [-0.1, -0.05) is 19.9 Å². The van der Waals surface area contributed by atoms with Crippen LogP contribution >= 0.6 is 0 Å². The minimum atomic E-state index is -0.979. The first-order valence-corrected chi connectivity index (χ1v) is 6.05. The molecule has 0 bridgehead atoms. The van der Waals surface area contributed by atoms with E-state index in [4.69, 9.17) is 14.6 Å². The van der Waals surface area contributed by atoms with Crippen LogP contribution in [0.1, 0.15) is 29.8 Å². The SMILES string of the molecule is Cc1ccc(C(=O)O)c(OCCOCC(C)C)c1. The molecule has 0 aliphatic carbocycles. The summed E-state index contributed by atoms with van der Waals surface area (Å²) in [7, 11) is 0. The predicted molar refractivity (Wildman–Crippen MR) is 69.3 cm³/mol. The topological polar surface area (TPSA) is 55.8 Å². The van der Waals surface area contributed by atoms with Crippen LogP contribution in [-0.4, -0.2) is 30.9 Å². The number of carboxylic acid groups (broad SMARTS) is 1. The highest BCUT2D eigenvalue weighted by atomic mass is 16.5. The summed E-state index contributed by atoms with van der Waals surface area (Å²) in [5, 5.41) is 9.02. The van der Waals surface area contributed by atoms with Crippen LogP contribution in [0, 0.1) is 12.8 Å². The van der Waals surface area contributed by atoms with E-state index >= 15 is 0 Å². The third-order valence-corrected chi connectivity index (χ3v) is 2.30. The zero-order valence-electron chi connectivity index (χ0n) is 11.1. The molecule has 1 N–H and O–H groups in total. The van der Waals surface area contributed by atoms with Crippen molar-refractivity contribution in [2.45, 2.75) is 20.8 Å². The fraction of sp³-hybridized carbons (Fsp3) is 0.500. The van der Waals surface area contributed by atoms with Crippen molar-refractivity contribution in [2.75, 3.05) is 19.8 Å². The van der Waals surface area contributed by atoms with Crippen LogP contribution in [0.2, 0.25) is 0 Å². The summed E-state index contributed by atoms with van der Waals surface area (Å²) in [4.78, 5) is 11.0. The first kappa shape index (κ1) is 14.5. The van der Waals surface area contributed by atoms with E-state index in [1.165, 1.54) is 0 Å². The zero-order chi connectivity index (χ0) is 13.5. The van der Waals surface area contributed by atoms with E-state index in [9.17, 15) is 4.79 Å². The molecule has 1 aromatic carbocycles. The lowest BCUT2D eigenvalue weighted by atomic mass is 10.1. The Bertz CT molecular complexity index is 399. The van der Waals surface area contributed by atoms with Crippen LogP contribution in [0.5, 0.6) is 5.75 Å². The van der Waals surface area contributed by atoms with Gasteiger partial charge in [0.15, 0.2) is 0 Å². The monoisotopic (exact) mass is 252 g/mol. The Morgan fingerprint density at radius 2 is 2.06 bits per heavy atom. The van der Waals surface area contributed by atoms with E-state index in [-0.39, 0.29) is 5.56 Å². The average Bonchev–Trinajstić information content (AvgIpc) is 2.27. The molecule has 0 saturated carbocycles. The van der Waals surface area contributed by atoms with Crippen LogP contribution in [0.15, 0.2) is 18.2 Å². The van der Waals surface area contributed by atoms with E-state index < -0.39 is 5.97 Å². The van der Waals surface area contributed by atoms with Gasteiger partial charge in [-0.15, -0.1) is 0 Å². The number of carboxylic acids is 1. The molecular formula is C14H20O4. The van der Waals surface area contributed by atoms with Crippen molar-refractivity contribution in [2.24, 2.45) is 5.92 Å². The minimum Gasteiger partial charge on any atom is -0.490 e. The molecule has 4 heteroatoms. The quantitative estimate of drug-likeness (QED) is 0.758. The number of benzene rings is 1. The number of carbonyl (C=O) groups is 1. The molecule has 0 fully saturated rings. The second-order valence-corrected chi connectivity index (χ2v) is 4.62. The molecule has 1 rings (SSSR count). The van der Waals surface area contributed by atoms with Crippen LogP contribution < -0.4 is 4.74 Å². The molecule has 0 radical (unpaired) electrons. The minimum absolute atomic E-state index is 0.185. The molecular weight excluding hydrogens is 232 g/mol. The van der Waals surface area contributed by atoms with Gasteiger partial charge in [-0.25, -0.2) is 4.79 Å². The largest absolute Gasteiger partial charge is 0.490 e. The summed E-state index contributed by atoms with van der Waals surface area (Å²) in [6, 6.07) is 5.04. The van der Waals surface area contributed by atoms with Gasteiger partial charge in [0.1, 0.15) is 17.9 Å². The molecule has 1 aromatic rings. The average molecular weight is 252 g/mol. The van der Waals surface area contributed by atoms with Crippen LogP contribution in [-0.2, 0) is 4.74 Å². The van der Waals surface area contributed by atoms with Gasteiger partial charge >= 0.3 is 5.97 Å². The molecule has 4 nitrogen and oxygen atoms in total. The molecule has 0 amide bonds. The zero-order valence-corrected chi connectivity index (χ0v) is 11.1. The lowest BCUT2D eigenvalue weighted by Gasteiger charge is -2.11. The van der Waals surface area contributed by atoms with Gasteiger partial charge in [0, 0.05) is 6.61 Å². The third kappa shape index (κ3) is 4.75. The number of ether oxygens (including phenoxy) is 2. The van der Waals surface area contributed by atoms with Crippen molar-refractivity contribution in [3.8, 4) is 5.75 Å². The Morgan fingerprint density at radius 3 is 2.67 bits per heavy atom. The summed E-state index contributed by atoms with van der Waals surface area (Å²) < 4.78 is 10.8. The lowest BCUT2D eigenvalue weighted by molar-refractivity contribution is 0.0677. The molecule has 100 valence electrons. The van der Waals surface area contributed by atoms with Crippen LogP contribution in [0.4, 0.5) is 0 Å². The lowest BCUT2D eigenvalue weighted by Crippen LogP contribution is -2.12. The first-order valence-electron chi connectivity index (χ1n) is 6.05. The van der Waals surface area contributed by atoms with Gasteiger partial charge in [0.2, 0.25) is 0 Å². The maximum atomic E-state index is 11.0. The first-order chi connectivity index (χ1) is 8.50. The second kappa shape index (κ2) is 7.01. The summed E-state index contributed by atoms with van der Waals surface area (Å²) in [6.45, 7) is 7.55. The predicted octanol–water partition coefficient (Wildman–Crippen LogP) is 2.74. The van der Waals surface area contributed by atoms with Crippen molar-refractivity contribution in [1.29, 1.82) is 0 Å². The van der Waals surface area contributed by atoms with E-state index in [1.54, 1.807) is 18.2 Å². The van der Waals surface area contributed by atoms with Crippen molar-refractivity contribution in [3.63, 3.8) is 0 Å². The van der Waals surface area contributed by atoms with Crippen molar-refractivity contribution < 1.29 is 19.4 Å². The van der Waals surface area contributed by atoms with Crippen molar-refractivity contribution >= 4 is 5.97 Å². The molecule has 0 aliphatic rings. The molecule has 0 aliphatic heterocycles. The molecule has 0 atom stereocenters. The van der Waals surface area contributed by atoms with Gasteiger partial charge in [0.05, 0.1) is 6.61 Å². The summed E-state index contributed by atoms with van der Waals surface area (Å²) in [5.41, 5.74) is 1.16. The van der Waals surface area contributed by atoms with Gasteiger partial charge < -0.3 is 14.6 Å². The second-order valence-electron chi connectivity index (χ2n) is 4.62. The molecule has 0 saturated heterocycles. The summed E-state index contributed by atoms with van der Waals surface area (Å²) in [5.74, 6) is -0.0951. The molecule has 0 unspecified atom stereocenters. The molecule has 0 aromatic heterocycles. The Balaban J connectivity index is 2.50. The summed E-state index contributed by atoms with van der Waals surface area (Å²) >= 11 is 0. The number of hydrogen-bond donors (Lipinski definition) is 1. The third-order valence-electron chi connectivity index (χ3n) is 2.30. The van der Waals surface area contributed by atoms with Gasteiger partial charge in [-0.05, 0) is 30.5 Å². The van der Waals surface area contributed by atoms with E-state index in [1.807, 2.05) is 6.92 Å². The van der Waals surface area contributed by atoms with Crippen LogP contribution in [0.3, 0.4) is 0 Å². The summed E-state index contributed by atoms with van der Waals surface area (Å²) in [6.07, 6.45) is 0. The van der Waals surface area contributed by atoms with Crippen molar-refractivity contribution in [3.05, 3.63) is 29.3 Å². The normalized spacial score (nSPS) is 10.7. The maximum absolute atomic E-state index is 11.0. The molecule has 0 spiro atoms.